The van der Waals surface area contributed by atoms with E-state index in [1.54, 1.807) is 18.2 Å². The standard InChI is InChI=1S/C16H18F3N3OS/c1-9(2)10(3)20-13(23)8-24-14-11-6-4-5-7-12(11)21-15(22-14)16(17,18)19/h4-7,9-10H,8H2,1-3H3,(H,20,23)/t10-/m0/s1. The molecule has 2 rings (SSSR count). The van der Waals surface area contributed by atoms with E-state index >= 15 is 0 Å². The van der Waals surface area contributed by atoms with E-state index in [0.717, 1.165) is 11.8 Å². The summed E-state index contributed by atoms with van der Waals surface area (Å²) in [6.07, 6.45) is -4.63. The van der Waals surface area contributed by atoms with Gasteiger partial charge >= 0.3 is 6.18 Å². The second kappa shape index (κ2) is 7.38. The zero-order valence-electron chi connectivity index (χ0n) is 13.5. The molecule has 0 radical (unpaired) electrons. The molecule has 1 heterocycles. The van der Waals surface area contributed by atoms with Crippen molar-refractivity contribution < 1.29 is 18.0 Å². The van der Waals surface area contributed by atoms with Crippen molar-refractivity contribution in [3.8, 4) is 0 Å². The van der Waals surface area contributed by atoms with Gasteiger partial charge < -0.3 is 5.32 Å². The predicted octanol–water partition coefficient (Wildman–Crippen LogP) is 3.90. The molecule has 1 aromatic carbocycles. The summed E-state index contributed by atoms with van der Waals surface area (Å²) in [6.45, 7) is 5.84. The summed E-state index contributed by atoms with van der Waals surface area (Å²) < 4.78 is 38.8. The fourth-order valence-electron chi connectivity index (χ4n) is 1.88. The summed E-state index contributed by atoms with van der Waals surface area (Å²) in [5.41, 5.74) is 0.207. The molecular formula is C16H18F3N3OS. The average Bonchev–Trinajstić information content (AvgIpc) is 2.51. The molecule has 0 aliphatic carbocycles. The molecule has 1 amide bonds. The van der Waals surface area contributed by atoms with Gasteiger partial charge in [-0.3, -0.25) is 4.79 Å². The lowest BCUT2D eigenvalue weighted by molar-refractivity contribution is -0.145. The number of amides is 1. The number of fused-ring (bicyclic) bond motifs is 1. The molecule has 0 aliphatic rings. The quantitative estimate of drug-likeness (QED) is 0.651. The number of alkyl halides is 3. The van der Waals surface area contributed by atoms with Crippen LogP contribution in [0.15, 0.2) is 29.3 Å². The molecule has 1 atom stereocenters. The van der Waals surface area contributed by atoms with Crippen LogP contribution in [0.25, 0.3) is 10.9 Å². The van der Waals surface area contributed by atoms with Crippen LogP contribution < -0.4 is 5.32 Å². The van der Waals surface area contributed by atoms with Crippen LogP contribution in [0.2, 0.25) is 0 Å². The van der Waals surface area contributed by atoms with Crippen molar-refractivity contribution in [1.82, 2.24) is 15.3 Å². The van der Waals surface area contributed by atoms with E-state index in [1.807, 2.05) is 20.8 Å². The summed E-state index contributed by atoms with van der Waals surface area (Å²) >= 11 is 0.979. The lowest BCUT2D eigenvalue weighted by atomic mass is 10.1. The van der Waals surface area contributed by atoms with Crippen LogP contribution in [0.4, 0.5) is 13.2 Å². The number of benzene rings is 1. The van der Waals surface area contributed by atoms with Crippen LogP contribution in [0.5, 0.6) is 0 Å². The van der Waals surface area contributed by atoms with Gasteiger partial charge in [-0.05, 0) is 18.9 Å². The first-order valence-corrected chi connectivity index (χ1v) is 8.43. The normalized spacial score (nSPS) is 13.3. The highest BCUT2D eigenvalue weighted by Gasteiger charge is 2.35. The molecule has 0 saturated heterocycles. The molecule has 130 valence electrons. The van der Waals surface area contributed by atoms with Crippen molar-refractivity contribution >= 4 is 28.6 Å². The molecule has 1 aromatic heterocycles. The van der Waals surface area contributed by atoms with Gasteiger partial charge in [0.2, 0.25) is 11.7 Å². The number of para-hydroxylation sites is 1. The lowest BCUT2D eigenvalue weighted by Crippen LogP contribution is -2.37. The van der Waals surface area contributed by atoms with Gasteiger partial charge in [0.1, 0.15) is 5.03 Å². The summed E-state index contributed by atoms with van der Waals surface area (Å²) in [5.74, 6) is -1.16. The number of aromatic nitrogens is 2. The van der Waals surface area contributed by atoms with Crippen LogP contribution >= 0.6 is 11.8 Å². The van der Waals surface area contributed by atoms with Crippen molar-refractivity contribution in [2.45, 2.75) is 38.0 Å². The minimum absolute atomic E-state index is 0.00460. The van der Waals surface area contributed by atoms with Crippen molar-refractivity contribution in [2.24, 2.45) is 5.92 Å². The minimum atomic E-state index is -4.63. The molecule has 2 aromatic rings. The number of carbonyl (C=O) groups is 1. The Labute approximate surface area is 142 Å². The largest absolute Gasteiger partial charge is 0.451 e. The van der Waals surface area contributed by atoms with Gasteiger partial charge in [0.25, 0.3) is 0 Å². The fraction of sp³-hybridized carbons (Fsp3) is 0.438. The molecule has 24 heavy (non-hydrogen) atoms. The number of thioether (sulfide) groups is 1. The Kier molecular flexibility index (Phi) is 5.69. The highest BCUT2D eigenvalue weighted by atomic mass is 32.2. The summed E-state index contributed by atoms with van der Waals surface area (Å²) in [6, 6.07) is 6.44. The fourth-order valence-corrected chi connectivity index (χ4v) is 2.71. The van der Waals surface area contributed by atoms with Crippen LogP contribution in [-0.4, -0.2) is 27.7 Å². The van der Waals surface area contributed by atoms with E-state index in [2.05, 4.69) is 15.3 Å². The van der Waals surface area contributed by atoms with E-state index in [4.69, 9.17) is 0 Å². The Morgan fingerprint density at radius 3 is 2.50 bits per heavy atom. The Bertz CT molecular complexity index is 734. The first kappa shape index (κ1) is 18.5. The predicted molar refractivity (Wildman–Crippen MR) is 87.7 cm³/mol. The van der Waals surface area contributed by atoms with Gasteiger partial charge in [0, 0.05) is 11.4 Å². The van der Waals surface area contributed by atoms with Gasteiger partial charge in [-0.25, -0.2) is 9.97 Å². The molecule has 0 unspecified atom stereocenters. The average molecular weight is 357 g/mol. The number of nitrogens with zero attached hydrogens (tertiary/aromatic N) is 2. The summed E-state index contributed by atoms with van der Waals surface area (Å²) in [7, 11) is 0. The zero-order valence-corrected chi connectivity index (χ0v) is 14.3. The Morgan fingerprint density at radius 2 is 1.88 bits per heavy atom. The third kappa shape index (κ3) is 4.59. The van der Waals surface area contributed by atoms with E-state index in [9.17, 15) is 18.0 Å². The van der Waals surface area contributed by atoms with Crippen molar-refractivity contribution in [3.63, 3.8) is 0 Å². The number of hydrogen-bond donors (Lipinski definition) is 1. The summed E-state index contributed by atoms with van der Waals surface area (Å²) in [4.78, 5) is 19.1. The third-order valence-corrected chi connectivity index (χ3v) is 4.54. The Balaban J connectivity index is 2.23. The smallest absolute Gasteiger partial charge is 0.353 e. The van der Waals surface area contributed by atoms with Crippen molar-refractivity contribution in [2.75, 3.05) is 5.75 Å². The third-order valence-electron chi connectivity index (χ3n) is 3.55. The maximum absolute atomic E-state index is 12.9. The van der Waals surface area contributed by atoms with E-state index in [1.165, 1.54) is 6.07 Å². The number of rotatable bonds is 5. The van der Waals surface area contributed by atoms with Crippen LogP contribution in [-0.2, 0) is 11.0 Å². The van der Waals surface area contributed by atoms with E-state index in [-0.39, 0.29) is 34.2 Å². The topological polar surface area (TPSA) is 54.9 Å². The molecular weight excluding hydrogens is 339 g/mol. The Hall–Kier alpha value is -1.83. The minimum Gasteiger partial charge on any atom is -0.353 e. The zero-order chi connectivity index (χ0) is 17.9. The lowest BCUT2D eigenvalue weighted by Gasteiger charge is -2.17. The maximum atomic E-state index is 12.9. The first-order valence-electron chi connectivity index (χ1n) is 7.44. The SMILES string of the molecule is CC(C)[C@H](C)NC(=O)CSc1nc(C(F)(F)F)nc2ccccc12. The summed E-state index contributed by atoms with van der Waals surface area (Å²) in [5, 5.41) is 3.47. The molecule has 0 saturated carbocycles. The number of hydrogen-bond acceptors (Lipinski definition) is 4. The highest BCUT2D eigenvalue weighted by Crippen LogP contribution is 2.31. The molecule has 8 heteroatoms. The van der Waals surface area contributed by atoms with Crippen LogP contribution in [0.3, 0.4) is 0 Å². The van der Waals surface area contributed by atoms with Gasteiger partial charge in [0.05, 0.1) is 11.3 Å². The van der Waals surface area contributed by atoms with Crippen molar-refractivity contribution in [3.05, 3.63) is 30.1 Å². The van der Waals surface area contributed by atoms with Crippen molar-refractivity contribution in [1.29, 1.82) is 0 Å². The van der Waals surface area contributed by atoms with Crippen LogP contribution in [0.1, 0.15) is 26.6 Å². The van der Waals surface area contributed by atoms with Crippen LogP contribution in [0, 0.1) is 5.92 Å². The van der Waals surface area contributed by atoms with Gasteiger partial charge in [-0.15, -0.1) is 0 Å². The monoisotopic (exact) mass is 357 g/mol. The molecule has 0 bridgehead atoms. The van der Waals surface area contributed by atoms with Gasteiger partial charge in [0.15, 0.2) is 0 Å². The number of halogens is 3. The van der Waals surface area contributed by atoms with Gasteiger partial charge in [-0.1, -0.05) is 43.8 Å². The Morgan fingerprint density at radius 1 is 1.21 bits per heavy atom. The maximum Gasteiger partial charge on any atom is 0.451 e. The first-order chi connectivity index (χ1) is 11.2. The number of carbonyl (C=O) groups excluding carboxylic acids is 1. The van der Waals surface area contributed by atoms with E-state index < -0.39 is 12.0 Å². The molecule has 0 fully saturated rings. The second-order valence-corrected chi connectivity index (χ2v) is 6.72. The highest BCUT2D eigenvalue weighted by molar-refractivity contribution is 8.00. The number of nitrogens with one attached hydrogen (secondary N) is 1. The molecule has 4 nitrogen and oxygen atoms in total. The van der Waals surface area contributed by atoms with E-state index in [0.29, 0.717) is 5.39 Å². The second-order valence-electron chi connectivity index (χ2n) is 5.76. The van der Waals surface area contributed by atoms with Gasteiger partial charge in [-0.2, -0.15) is 13.2 Å². The molecule has 1 N–H and O–H groups in total. The molecule has 0 aliphatic heterocycles. The molecule has 0 spiro atoms.